The van der Waals surface area contributed by atoms with E-state index in [0.29, 0.717) is 28.8 Å². The van der Waals surface area contributed by atoms with Gasteiger partial charge in [0.2, 0.25) is 5.91 Å². The lowest BCUT2D eigenvalue weighted by atomic mass is 9.97. The quantitative estimate of drug-likeness (QED) is 0.402. The molecule has 1 N–H and O–H groups in total. The Morgan fingerprint density at radius 1 is 1.09 bits per heavy atom. The molecular weight excluding hydrogens is 440 g/mol. The van der Waals surface area contributed by atoms with Crippen LogP contribution in [-0.4, -0.2) is 40.4 Å². The highest BCUT2D eigenvalue weighted by Crippen LogP contribution is 2.31. The number of amides is 1. The molecule has 8 nitrogen and oxygen atoms in total. The molecule has 33 heavy (non-hydrogen) atoms. The van der Waals surface area contributed by atoms with E-state index in [9.17, 15) is 9.59 Å². The highest BCUT2D eigenvalue weighted by molar-refractivity contribution is 8.00. The average Bonchev–Trinajstić information content (AvgIpc) is 2.85. The summed E-state index contributed by atoms with van der Waals surface area (Å²) in [6.45, 7) is 0.474. The highest BCUT2D eigenvalue weighted by atomic mass is 32.2. The Morgan fingerprint density at radius 2 is 1.85 bits per heavy atom. The summed E-state index contributed by atoms with van der Waals surface area (Å²) in [5, 5.41) is 3.52. The van der Waals surface area contributed by atoms with Gasteiger partial charge in [0.15, 0.2) is 11.5 Å². The lowest BCUT2D eigenvalue weighted by molar-refractivity contribution is -0.113. The Kier molecular flexibility index (Phi) is 7.29. The topological polar surface area (TPSA) is 95.3 Å². The fourth-order valence-corrected chi connectivity index (χ4v) is 4.82. The fraction of sp³-hybridized carbons (Fsp3) is 0.333. The zero-order chi connectivity index (χ0) is 23.2. The summed E-state index contributed by atoms with van der Waals surface area (Å²) in [4.78, 5) is 33.9. The molecule has 0 radical (unpaired) electrons. The van der Waals surface area contributed by atoms with Gasteiger partial charge >= 0.3 is 5.69 Å². The predicted octanol–water partition coefficient (Wildman–Crippen LogP) is 3.31. The van der Waals surface area contributed by atoms with Gasteiger partial charge in [-0.2, -0.15) is 4.98 Å². The normalized spacial score (nSPS) is 12.7. The number of rotatable bonds is 8. The summed E-state index contributed by atoms with van der Waals surface area (Å²) in [5.74, 6) is 1.10. The molecule has 2 heterocycles. The predicted molar refractivity (Wildman–Crippen MR) is 127 cm³/mol. The van der Waals surface area contributed by atoms with Crippen LogP contribution < -0.4 is 20.5 Å². The molecule has 1 aliphatic rings. The number of nitrogens with zero attached hydrogens (tertiary/aromatic N) is 3. The van der Waals surface area contributed by atoms with Gasteiger partial charge in [-0.1, -0.05) is 11.8 Å². The van der Waals surface area contributed by atoms with Crippen molar-refractivity contribution in [1.29, 1.82) is 0 Å². The molecule has 1 aliphatic carbocycles. The molecule has 9 heteroatoms. The average molecular weight is 467 g/mol. The number of hydrogen-bond acceptors (Lipinski definition) is 7. The van der Waals surface area contributed by atoms with Crippen molar-refractivity contribution < 1.29 is 14.3 Å². The van der Waals surface area contributed by atoms with Crippen molar-refractivity contribution in [3.63, 3.8) is 0 Å². The molecule has 0 atom stereocenters. The number of methoxy groups -OCH3 is 2. The van der Waals surface area contributed by atoms with E-state index in [1.807, 2.05) is 12.1 Å². The molecule has 0 unspecified atom stereocenters. The van der Waals surface area contributed by atoms with E-state index < -0.39 is 0 Å². The number of pyridine rings is 1. The van der Waals surface area contributed by atoms with Crippen molar-refractivity contribution in [1.82, 2.24) is 14.5 Å². The van der Waals surface area contributed by atoms with Gasteiger partial charge in [-0.25, -0.2) is 4.79 Å². The minimum atomic E-state index is -0.282. The van der Waals surface area contributed by atoms with Crippen LogP contribution in [0.15, 0.2) is 52.5 Å². The first-order valence-corrected chi connectivity index (χ1v) is 11.7. The second kappa shape index (κ2) is 10.5. The molecule has 0 spiro atoms. The molecule has 4 rings (SSSR count). The van der Waals surface area contributed by atoms with Crippen molar-refractivity contribution in [3.8, 4) is 11.5 Å². The molecular formula is C24H26N4O4S. The first kappa shape index (κ1) is 22.8. The van der Waals surface area contributed by atoms with E-state index in [1.54, 1.807) is 49.4 Å². The minimum Gasteiger partial charge on any atom is -0.493 e. The second-order valence-corrected chi connectivity index (χ2v) is 8.64. The zero-order valence-electron chi connectivity index (χ0n) is 18.7. The van der Waals surface area contributed by atoms with Gasteiger partial charge < -0.3 is 14.8 Å². The summed E-state index contributed by atoms with van der Waals surface area (Å²) >= 11 is 1.31. The molecule has 2 aromatic heterocycles. The maximum atomic E-state index is 12.9. The third-order valence-corrected chi connectivity index (χ3v) is 6.57. The van der Waals surface area contributed by atoms with Gasteiger partial charge in [-0.05, 0) is 55.5 Å². The molecule has 1 amide bonds. The van der Waals surface area contributed by atoms with Crippen molar-refractivity contribution in [3.05, 3.63) is 70.0 Å². The molecule has 0 aliphatic heterocycles. The molecule has 0 saturated heterocycles. The molecule has 0 bridgehead atoms. The summed E-state index contributed by atoms with van der Waals surface area (Å²) in [5.41, 5.74) is 3.45. The van der Waals surface area contributed by atoms with Crippen LogP contribution in [0.2, 0.25) is 0 Å². The zero-order valence-corrected chi connectivity index (χ0v) is 19.5. The minimum absolute atomic E-state index is 0.154. The van der Waals surface area contributed by atoms with Crippen LogP contribution in [0.1, 0.15) is 29.7 Å². The first-order valence-electron chi connectivity index (χ1n) is 10.7. The van der Waals surface area contributed by atoms with Gasteiger partial charge in [0.05, 0.1) is 26.5 Å². The van der Waals surface area contributed by atoms with Crippen molar-refractivity contribution >= 4 is 23.4 Å². The van der Waals surface area contributed by atoms with Crippen LogP contribution in [0, 0.1) is 0 Å². The van der Waals surface area contributed by atoms with Gasteiger partial charge in [0.25, 0.3) is 0 Å². The van der Waals surface area contributed by atoms with Crippen LogP contribution >= 0.6 is 11.8 Å². The summed E-state index contributed by atoms with van der Waals surface area (Å²) in [6.07, 6.45) is 7.23. The van der Waals surface area contributed by atoms with Crippen molar-refractivity contribution in [2.75, 3.05) is 25.3 Å². The lowest BCUT2D eigenvalue weighted by Crippen LogP contribution is -2.30. The number of benzene rings is 1. The third-order valence-electron chi connectivity index (χ3n) is 5.55. The Balaban J connectivity index is 1.50. The molecule has 3 aromatic rings. The van der Waals surface area contributed by atoms with Gasteiger partial charge in [0.1, 0.15) is 5.03 Å². The lowest BCUT2D eigenvalue weighted by Gasteiger charge is -2.22. The van der Waals surface area contributed by atoms with Gasteiger partial charge in [-0.15, -0.1) is 0 Å². The number of nitrogens with one attached hydrogen (secondary N) is 1. The molecule has 1 aromatic carbocycles. The number of ether oxygens (including phenoxy) is 2. The van der Waals surface area contributed by atoms with Crippen molar-refractivity contribution in [2.24, 2.45) is 0 Å². The SMILES string of the molecule is COc1ccc(NC(=O)CSc2nc(=O)n(Cc3ccncc3)c3c2CCCC3)cc1OC. The molecule has 172 valence electrons. The van der Waals surface area contributed by atoms with Crippen LogP contribution in [0.5, 0.6) is 11.5 Å². The first-order chi connectivity index (χ1) is 16.1. The Hall–Kier alpha value is -3.33. The molecule has 0 saturated carbocycles. The number of thioether (sulfide) groups is 1. The summed E-state index contributed by atoms with van der Waals surface area (Å²) in [6, 6.07) is 9.01. The van der Waals surface area contributed by atoms with E-state index in [4.69, 9.17) is 9.47 Å². The molecule has 0 fully saturated rings. The third kappa shape index (κ3) is 5.36. The van der Waals surface area contributed by atoms with E-state index in [-0.39, 0.29) is 17.3 Å². The van der Waals surface area contributed by atoms with Crippen LogP contribution in [0.3, 0.4) is 0 Å². The highest BCUT2D eigenvalue weighted by Gasteiger charge is 2.21. The summed E-state index contributed by atoms with van der Waals surface area (Å²) in [7, 11) is 3.11. The number of hydrogen-bond donors (Lipinski definition) is 1. The smallest absolute Gasteiger partial charge is 0.349 e. The van der Waals surface area contributed by atoms with Crippen LogP contribution in [-0.2, 0) is 24.2 Å². The van der Waals surface area contributed by atoms with E-state index in [0.717, 1.165) is 42.5 Å². The summed E-state index contributed by atoms with van der Waals surface area (Å²) < 4.78 is 12.3. The number of carbonyl (C=O) groups is 1. The van der Waals surface area contributed by atoms with E-state index in [1.165, 1.54) is 11.8 Å². The Morgan fingerprint density at radius 3 is 2.61 bits per heavy atom. The standard InChI is InChI=1S/C24H26N4O4S/c1-31-20-8-7-17(13-21(20)32-2)26-22(29)15-33-23-18-5-3-4-6-19(18)28(24(30)27-23)14-16-9-11-25-12-10-16/h7-13H,3-6,14-15H2,1-2H3,(H,26,29). The number of aromatic nitrogens is 3. The van der Waals surface area contributed by atoms with E-state index >= 15 is 0 Å². The Labute approximate surface area is 196 Å². The van der Waals surface area contributed by atoms with Crippen molar-refractivity contribution in [2.45, 2.75) is 37.3 Å². The van der Waals surface area contributed by atoms with E-state index in [2.05, 4.69) is 15.3 Å². The number of carbonyl (C=O) groups excluding carboxylic acids is 1. The van der Waals surface area contributed by atoms with Gasteiger partial charge in [-0.3, -0.25) is 14.3 Å². The number of fused-ring (bicyclic) bond motifs is 1. The Bertz CT molecular complexity index is 1200. The fourth-order valence-electron chi connectivity index (χ4n) is 3.95. The maximum Gasteiger partial charge on any atom is 0.349 e. The number of anilines is 1. The second-order valence-electron chi connectivity index (χ2n) is 7.68. The largest absolute Gasteiger partial charge is 0.493 e. The van der Waals surface area contributed by atoms with Gasteiger partial charge in [0, 0.05) is 35.4 Å². The van der Waals surface area contributed by atoms with Crippen LogP contribution in [0.4, 0.5) is 5.69 Å². The monoisotopic (exact) mass is 466 g/mol. The van der Waals surface area contributed by atoms with Crippen LogP contribution in [0.25, 0.3) is 0 Å². The maximum absolute atomic E-state index is 12.9.